The molecule has 78 heavy (non-hydrogen) atoms. The maximum absolute atomic E-state index is 12.2. The molecule has 0 aromatic carbocycles. The average Bonchev–Trinajstić information content (AvgIpc) is 3.41. The van der Waals surface area contributed by atoms with E-state index in [2.05, 4.69) is 0 Å². The molecule has 22 aliphatic heterocycles. The summed E-state index contributed by atoms with van der Waals surface area (Å²) in [5.74, 6) is 0. The van der Waals surface area contributed by atoms with Crippen molar-refractivity contribution in [3.05, 3.63) is 0 Å². The predicted molar refractivity (Wildman–Crippen MR) is 253 cm³/mol. The van der Waals surface area contributed by atoms with Gasteiger partial charge in [-0.25, -0.2) is 0 Å². The minimum atomic E-state index is -1.58. The highest BCUT2D eigenvalue weighted by atomic mass is 16.8. The zero-order valence-corrected chi connectivity index (χ0v) is 46.0. The molecular formula is C48H84O30. The second-order valence-electron chi connectivity index (χ2n) is 19.7. The SMILES string of the molecule is COC[C@H]1O[C@@H]2O[C@H]3[C@H](O)[C@@H](OC)[C@@H](O[C@H]4[C@H](O)[C@@H](OC)[C@@H](O[C@H]5[C@H](O)[C@@H](OC)[C@@H](O[C@H]6[C@H](O)[C@@H](OC)[C@@H](O[C@H]7[C@H](O)[C@@H](OC)[C@@H](O[C@H]1[C@H](O)[C@H]2OC)O[C@@H]7COC)O[C@@H]6COC)O[C@@H]5COC)O[C@@H]4COC)O[C@@H]3COC. The maximum atomic E-state index is 12.2. The molecule has 22 heterocycles. The Morgan fingerprint density at radius 3 is 0.449 bits per heavy atom. The lowest BCUT2D eigenvalue weighted by Crippen LogP contribution is -2.69. The summed E-state index contributed by atoms with van der Waals surface area (Å²) in [6.07, 6.45) is -41.0. The van der Waals surface area contributed by atoms with Crippen LogP contribution in [-0.2, 0) is 114 Å². The second kappa shape index (κ2) is 30.0. The van der Waals surface area contributed by atoms with E-state index in [0.717, 1.165) is 0 Å². The van der Waals surface area contributed by atoms with Crippen LogP contribution in [0.2, 0.25) is 0 Å². The van der Waals surface area contributed by atoms with Gasteiger partial charge in [-0.05, 0) is 0 Å². The Hall–Kier alpha value is -1.20. The summed E-state index contributed by atoms with van der Waals surface area (Å²) in [6.45, 7) is -1.14. The van der Waals surface area contributed by atoms with Crippen molar-refractivity contribution >= 4 is 0 Å². The van der Waals surface area contributed by atoms with E-state index in [-0.39, 0.29) is 39.6 Å². The molecule has 22 rings (SSSR count). The summed E-state index contributed by atoms with van der Waals surface area (Å²) >= 11 is 0. The topological polar surface area (TPSA) is 343 Å². The van der Waals surface area contributed by atoms with Crippen molar-refractivity contribution in [1.29, 1.82) is 0 Å². The molecule has 22 saturated heterocycles. The van der Waals surface area contributed by atoms with Crippen LogP contribution in [0, 0.1) is 0 Å². The fraction of sp³-hybridized carbons (Fsp3) is 1.00. The lowest BCUT2D eigenvalue weighted by atomic mass is 9.94. The Morgan fingerprint density at radius 2 is 0.346 bits per heavy atom. The average molecular weight is 1140 g/mol. The third-order valence-corrected chi connectivity index (χ3v) is 15.1. The molecule has 6 N–H and O–H groups in total. The van der Waals surface area contributed by atoms with E-state index in [0.29, 0.717) is 0 Å². The van der Waals surface area contributed by atoms with Gasteiger partial charge in [-0.2, -0.15) is 0 Å². The molecule has 0 saturated carbocycles. The Labute approximate surface area is 452 Å². The number of aliphatic hydroxyl groups is 6. The molecule has 0 aliphatic carbocycles. The molecule has 22 aliphatic rings. The van der Waals surface area contributed by atoms with Gasteiger partial charge in [-0.1, -0.05) is 0 Å². The summed E-state index contributed by atoms with van der Waals surface area (Å²) < 4.78 is 146. The van der Waals surface area contributed by atoms with Gasteiger partial charge < -0.3 is 144 Å². The first-order valence-electron chi connectivity index (χ1n) is 25.7. The molecule has 30 heteroatoms. The molecule has 30 atom stereocenters. The maximum Gasteiger partial charge on any atom is 0.187 e. The third kappa shape index (κ3) is 13.6. The van der Waals surface area contributed by atoms with E-state index in [4.69, 9.17) is 114 Å². The van der Waals surface area contributed by atoms with Crippen molar-refractivity contribution < 1.29 is 144 Å². The number of rotatable bonds is 18. The van der Waals surface area contributed by atoms with Crippen molar-refractivity contribution in [1.82, 2.24) is 0 Å². The summed E-state index contributed by atoms with van der Waals surface area (Å²) in [7, 11) is 16.2. The van der Waals surface area contributed by atoms with Crippen molar-refractivity contribution in [2.45, 2.75) is 184 Å². The van der Waals surface area contributed by atoms with E-state index in [1.54, 1.807) is 0 Å². The van der Waals surface area contributed by atoms with Crippen LogP contribution < -0.4 is 0 Å². The van der Waals surface area contributed by atoms with Crippen molar-refractivity contribution in [2.24, 2.45) is 0 Å². The Bertz CT molecular complexity index is 1410. The number of aliphatic hydroxyl groups excluding tert-OH is 6. The summed E-state index contributed by atoms with van der Waals surface area (Å²) in [6, 6.07) is 0. The molecule has 0 aromatic rings. The van der Waals surface area contributed by atoms with Gasteiger partial charge >= 0.3 is 0 Å². The van der Waals surface area contributed by atoms with Crippen LogP contribution in [0.3, 0.4) is 0 Å². The van der Waals surface area contributed by atoms with Crippen LogP contribution in [0.4, 0.5) is 0 Å². The van der Waals surface area contributed by atoms with Gasteiger partial charge in [-0.3, -0.25) is 0 Å². The second-order valence-corrected chi connectivity index (χ2v) is 19.7. The monoisotopic (exact) mass is 1140 g/mol. The number of ether oxygens (including phenoxy) is 24. The zero-order chi connectivity index (χ0) is 56.5. The molecule has 0 unspecified atom stereocenters. The fourth-order valence-electron chi connectivity index (χ4n) is 11.3. The standard InChI is InChI=1S/C48H84O30/c1-55-13-19-31-25(49)37(61-7)43(67-19)74-32-20(14-56-2)69-45(39(63-9)26(32)50)76-34-22(16-58-4)71-47(41(65-11)28(34)52)78-36-24(18-60-6)72-48(42(66-12)30(36)54)77-35-23(17-59-5)70-46(40(64-10)29(35)53)75-33-21(15-57-3)68-44(73-31)38(62-8)27(33)51/h19-54H,13-18H2,1-12H3/t19-,20-,21-,22-,23-,24-,25+,26+,27+,28+,29+,30+,31-,32-,33-,34-,35-,36-,37-,38-,39-,40-,41-,42-,43-,44-,45-,46-,47-,48-/m1/s1. The summed E-state index contributed by atoms with van der Waals surface area (Å²) in [4.78, 5) is 0. The summed E-state index contributed by atoms with van der Waals surface area (Å²) in [5, 5.41) is 73.1. The highest BCUT2D eigenvalue weighted by molar-refractivity contribution is 5.02. The minimum Gasteiger partial charge on any atom is -0.387 e. The van der Waals surface area contributed by atoms with E-state index < -0.39 is 184 Å². The third-order valence-electron chi connectivity index (χ3n) is 15.1. The molecule has 0 spiro atoms. The molecule has 22 fully saturated rings. The first-order chi connectivity index (χ1) is 37.6. The van der Waals surface area contributed by atoms with Crippen molar-refractivity contribution in [2.75, 3.05) is 125 Å². The number of methoxy groups -OCH3 is 12. The van der Waals surface area contributed by atoms with Gasteiger partial charge in [0.05, 0.1) is 39.6 Å². The van der Waals surface area contributed by atoms with Gasteiger partial charge in [0, 0.05) is 85.3 Å². The van der Waals surface area contributed by atoms with Crippen LogP contribution in [-0.4, -0.2) is 340 Å². The Balaban J connectivity index is 1.29. The first-order valence-corrected chi connectivity index (χ1v) is 25.7. The van der Waals surface area contributed by atoms with Gasteiger partial charge in [0.2, 0.25) is 0 Å². The molecular weight excluding hydrogens is 1060 g/mol. The van der Waals surface area contributed by atoms with Crippen LogP contribution in [0.15, 0.2) is 0 Å². The van der Waals surface area contributed by atoms with E-state index in [1.807, 2.05) is 0 Å². The lowest BCUT2D eigenvalue weighted by molar-refractivity contribution is -0.407. The van der Waals surface area contributed by atoms with Crippen molar-refractivity contribution in [3.8, 4) is 0 Å². The molecule has 30 nitrogen and oxygen atoms in total. The van der Waals surface area contributed by atoms with Crippen LogP contribution >= 0.6 is 0 Å². The molecule has 12 bridgehead atoms. The van der Waals surface area contributed by atoms with E-state index in [1.165, 1.54) is 85.3 Å². The zero-order valence-electron chi connectivity index (χ0n) is 46.0. The molecule has 456 valence electrons. The largest absolute Gasteiger partial charge is 0.387 e. The van der Waals surface area contributed by atoms with Crippen LogP contribution in [0.5, 0.6) is 0 Å². The summed E-state index contributed by atoms with van der Waals surface area (Å²) in [5.41, 5.74) is 0. The fourth-order valence-corrected chi connectivity index (χ4v) is 11.3. The number of hydrogen-bond acceptors (Lipinski definition) is 30. The highest BCUT2D eigenvalue weighted by Crippen LogP contribution is 2.40. The molecule has 0 aromatic heterocycles. The van der Waals surface area contributed by atoms with Crippen molar-refractivity contribution in [3.63, 3.8) is 0 Å². The molecule has 0 amide bonds. The quantitative estimate of drug-likeness (QED) is 0.0747. The van der Waals surface area contributed by atoms with Gasteiger partial charge in [0.15, 0.2) is 37.7 Å². The van der Waals surface area contributed by atoms with Gasteiger partial charge in [0.1, 0.15) is 146 Å². The number of hydrogen-bond donors (Lipinski definition) is 6. The van der Waals surface area contributed by atoms with Crippen LogP contribution in [0.25, 0.3) is 0 Å². The first kappa shape index (κ1) is 64.4. The van der Waals surface area contributed by atoms with E-state index in [9.17, 15) is 30.6 Å². The smallest absolute Gasteiger partial charge is 0.187 e. The van der Waals surface area contributed by atoms with E-state index >= 15 is 0 Å². The normalized spacial score (nSPS) is 48.7. The van der Waals surface area contributed by atoms with Gasteiger partial charge in [0.25, 0.3) is 0 Å². The van der Waals surface area contributed by atoms with Gasteiger partial charge in [-0.15, -0.1) is 0 Å². The Morgan fingerprint density at radius 1 is 0.218 bits per heavy atom. The Kier molecular flexibility index (Phi) is 24.8. The van der Waals surface area contributed by atoms with Crippen LogP contribution in [0.1, 0.15) is 0 Å². The minimum absolute atomic E-state index is 0.191. The molecule has 0 radical (unpaired) electrons. The highest BCUT2D eigenvalue weighted by Gasteiger charge is 2.60. The predicted octanol–water partition coefficient (Wildman–Crippen LogP) is -5.21. The lowest BCUT2D eigenvalue weighted by Gasteiger charge is -2.52.